The standard InChI is InChI=1S/C21H22BClFN3O3/c1-11-12(2)25-18-17(14-8-7-13(23)9-15(14)24)26-16(10-27(18)19(11)28)22-29-20(3,4)21(5,6)30-22/h7-10H,1-6H3. The van der Waals surface area contributed by atoms with Crippen LogP contribution in [0.5, 0.6) is 0 Å². The molecule has 1 saturated heterocycles. The third kappa shape index (κ3) is 3.23. The van der Waals surface area contributed by atoms with Crippen molar-refractivity contribution in [2.45, 2.75) is 52.7 Å². The highest BCUT2D eigenvalue weighted by molar-refractivity contribution is 6.61. The molecule has 0 N–H and O–H groups in total. The van der Waals surface area contributed by atoms with Gasteiger partial charge in [0.05, 0.1) is 16.8 Å². The van der Waals surface area contributed by atoms with E-state index in [-0.39, 0.29) is 27.5 Å². The van der Waals surface area contributed by atoms with Crippen LogP contribution in [0.25, 0.3) is 16.9 Å². The molecule has 0 bridgehead atoms. The van der Waals surface area contributed by atoms with Crippen molar-refractivity contribution >= 4 is 30.0 Å². The second kappa shape index (κ2) is 6.87. The van der Waals surface area contributed by atoms with E-state index in [9.17, 15) is 9.18 Å². The quantitative estimate of drug-likeness (QED) is 0.584. The molecule has 1 fully saturated rings. The summed E-state index contributed by atoms with van der Waals surface area (Å²) in [6.07, 6.45) is 1.55. The molecule has 0 aliphatic carbocycles. The van der Waals surface area contributed by atoms with E-state index in [1.807, 2.05) is 27.7 Å². The summed E-state index contributed by atoms with van der Waals surface area (Å²) < 4.78 is 28.4. The average Bonchev–Trinajstić information content (AvgIpc) is 2.87. The fourth-order valence-corrected chi connectivity index (χ4v) is 3.45. The van der Waals surface area contributed by atoms with Gasteiger partial charge in [-0.2, -0.15) is 0 Å². The van der Waals surface area contributed by atoms with Gasteiger partial charge in [-0.3, -0.25) is 14.2 Å². The van der Waals surface area contributed by atoms with E-state index in [2.05, 4.69) is 9.97 Å². The summed E-state index contributed by atoms with van der Waals surface area (Å²) in [4.78, 5) is 22.1. The molecule has 156 valence electrons. The van der Waals surface area contributed by atoms with E-state index < -0.39 is 24.1 Å². The zero-order valence-corrected chi connectivity index (χ0v) is 18.5. The van der Waals surface area contributed by atoms with Crippen LogP contribution in [0.3, 0.4) is 0 Å². The van der Waals surface area contributed by atoms with Gasteiger partial charge >= 0.3 is 7.12 Å². The molecule has 4 rings (SSSR count). The predicted octanol–water partition coefficient (Wildman–Crippen LogP) is 3.47. The maximum Gasteiger partial charge on any atom is 0.516 e. The van der Waals surface area contributed by atoms with Crippen LogP contribution in [0.1, 0.15) is 39.0 Å². The number of benzene rings is 1. The minimum atomic E-state index is -0.818. The first-order valence-electron chi connectivity index (χ1n) is 9.63. The molecule has 1 aromatic carbocycles. The number of halogens is 2. The van der Waals surface area contributed by atoms with Gasteiger partial charge in [-0.05, 0) is 59.7 Å². The Morgan fingerprint density at radius 2 is 1.73 bits per heavy atom. The Bertz CT molecular complexity index is 1230. The Balaban J connectivity index is 2.02. The van der Waals surface area contributed by atoms with Crippen molar-refractivity contribution in [3.63, 3.8) is 0 Å². The molecule has 3 heterocycles. The molecule has 2 aromatic heterocycles. The van der Waals surface area contributed by atoms with Crippen molar-refractivity contribution in [3.05, 3.63) is 56.8 Å². The van der Waals surface area contributed by atoms with E-state index in [1.165, 1.54) is 16.5 Å². The second-order valence-corrected chi connectivity index (χ2v) is 8.98. The molecular formula is C21H22BClFN3O3. The molecule has 0 amide bonds. The summed E-state index contributed by atoms with van der Waals surface area (Å²) in [6, 6.07) is 4.30. The highest BCUT2D eigenvalue weighted by Crippen LogP contribution is 2.36. The minimum Gasteiger partial charge on any atom is -0.398 e. The first-order chi connectivity index (χ1) is 13.9. The van der Waals surface area contributed by atoms with Crippen LogP contribution in [-0.2, 0) is 9.31 Å². The van der Waals surface area contributed by atoms with Gasteiger partial charge in [-0.1, -0.05) is 11.6 Å². The van der Waals surface area contributed by atoms with Gasteiger partial charge in [0.1, 0.15) is 11.5 Å². The van der Waals surface area contributed by atoms with Gasteiger partial charge in [0.25, 0.3) is 5.56 Å². The smallest absolute Gasteiger partial charge is 0.398 e. The number of hydrogen-bond acceptors (Lipinski definition) is 5. The first kappa shape index (κ1) is 21.0. The SMILES string of the molecule is Cc1nc2c(-c3ccc(Cl)cc3F)nc(B3OC(C)(C)C(C)(C)O3)cn2c(=O)c1C. The van der Waals surface area contributed by atoms with Crippen LogP contribution < -0.4 is 11.2 Å². The van der Waals surface area contributed by atoms with Gasteiger partial charge in [0, 0.05) is 28.0 Å². The van der Waals surface area contributed by atoms with Crippen molar-refractivity contribution in [1.82, 2.24) is 14.4 Å². The Kier molecular flexibility index (Phi) is 4.80. The van der Waals surface area contributed by atoms with E-state index in [0.29, 0.717) is 16.9 Å². The highest BCUT2D eigenvalue weighted by Gasteiger charge is 2.52. The molecule has 0 radical (unpaired) electrons. The largest absolute Gasteiger partial charge is 0.516 e. The lowest BCUT2D eigenvalue weighted by molar-refractivity contribution is 0.00578. The number of fused-ring (bicyclic) bond motifs is 1. The average molecular weight is 430 g/mol. The van der Waals surface area contributed by atoms with Gasteiger partial charge in [0.15, 0.2) is 5.65 Å². The molecule has 6 nitrogen and oxygen atoms in total. The summed E-state index contributed by atoms with van der Waals surface area (Å²) in [5.74, 6) is -0.560. The van der Waals surface area contributed by atoms with Gasteiger partial charge in [-0.15, -0.1) is 0 Å². The van der Waals surface area contributed by atoms with E-state index in [0.717, 1.165) is 0 Å². The molecule has 3 aromatic rings. The van der Waals surface area contributed by atoms with Crippen molar-refractivity contribution in [2.75, 3.05) is 0 Å². The lowest BCUT2D eigenvalue weighted by Gasteiger charge is -2.32. The van der Waals surface area contributed by atoms with E-state index in [1.54, 1.807) is 26.1 Å². The Labute approximate surface area is 179 Å². The third-order valence-electron chi connectivity index (χ3n) is 5.98. The van der Waals surface area contributed by atoms with Crippen molar-refractivity contribution in [3.8, 4) is 11.3 Å². The van der Waals surface area contributed by atoms with Crippen LogP contribution in [0.15, 0.2) is 29.2 Å². The lowest BCUT2D eigenvalue weighted by Crippen LogP contribution is -2.41. The van der Waals surface area contributed by atoms with E-state index in [4.69, 9.17) is 20.9 Å². The van der Waals surface area contributed by atoms with Crippen LogP contribution in [-0.4, -0.2) is 32.7 Å². The number of nitrogens with zero attached hydrogens (tertiary/aromatic N) is 3. The minimum absolute atomic E-state index is 0.186. The number of aryl methyl sites for hydroxylation is 1. The summed E-state index contributed by atoms with van der Waals surface area (Å²) in [7, 11) is -0.818. The molecule has 0 atom stereocenters. The monoisotopic (exact) mass is 429 g/mol. The maximum absolute atomic E-state index is 14.8. The predicted molar refractivity (Wildman–Crippen MR) is 115 cm³/mol. The van der Waals surface area contributed by atoms with Gasteiger partial charge in [-0.25, -0.2) is 9.37 Å². The van der Waals surface area contributed by atoms with Crippen molar-refractivity contribution in [2.24, 2.45) is 0 Å². The van der Waals surface area contributed by atoms with Crippen LogP contribution >= 0.6 is 11.6 Å². The summed E-state index contributed by atoms with van der Waals surface area (Å²) in [6.45, 7) is 11.1. The van der Waals surface area contributed by atoms with Gasteiger partial charge < -0.3 is 9.31 Å². The molecule has 30 heavy (non-hydrogen) atoms. The Hall–Kier alpha value is -2.29. The number of rotatable bonds is 2. The summed E-state index contributed by atoms with van der Waals surface area (Å²) in [5, 5.41) is 0.264. The van der Waals surface area contributed by atoms with E-state index >= 15 is 0 Å². The Morgan fingerprint density at radius 3 is 2.33 bits per heavy atom. The molecule has 9 heteroatoms. The zero-order chi connectivity index (χ0) is 22.0. The molecule has 1 aliphatic rings. The van der Waals surface area contributed by atoms with Crippen molar-refractivity contribution in [1.29, 1.82) is 0 Å². The summed E-state index contributed by atoms with van der Waals surface area (Å²) >= 11 is 5.92. The number of hydrogen-bond donors (Lipinski definition) is 0. The van der Waals surface area contributed by atoms with Crippen LogP contribution in [0.2, 0.25) is 5.02 Å². The van der Waals surface area contributed by atoms with Crippen LogP contribution in [0.4, 0.5) is 4.39 Å². The number of aromatic nitrogens is 3. The maximum atomic E-state index is 14.8. The molecule has 0 saturated carbocycles. The summed E-state index contributed by atoms with van der Waals surface area (Å²) in [5.41, 5.74) is 0.637. The fourth-order valence-electron chi connectivity index (χ4n) is 3.29. The fraction of sp³-hybridized carbons (Fsp3) is 0.381. The normalized spacial score (nSPS) is 17.7. The van der Waals surface area contributed by atoms with Crippen molar-refractivity contribution < 1.29 is 13.7 Å². The first-order valence-corrected chi connectivity index (χ1v) is 10.0. The molecule has 0 unspecified atom stereocenters. The van der Waals surface area contributed by atoms with Gasteiger partial charge in [0.2, 0.25) is 0 Å². The Morgan fingerprint density at radius 1 is 1.10 bits per heavy atom. The topological polar surface area (TPSA) is 65.7 Å². The zero-order valence-electron chi connectivity index (χ0n) is 17.7. The molecular weight excluding hydrogens is 408 g/mol. The third-order valence-corrected chi connectivity index (χ3v) is 6.21. The highest BCUT2D eigenvalue weighted by atomic mass is 35.5. The molecule has 0 spiro atoms. The lowest BCUT2D eigenvalue weighted by atomic mass is 9.85. The van der Waals surface area contributed by atoms with Crippen LogP contribution in [0, 0.1) is 19.7 Å². The second-order valence-electron chi connectivity index (χ2n) is 8.55. The molecule has 1 aliphatic heterocycles.